The summed E-state index contributed by atoms with van der Waals surface area (Å²) >= 11 is 4.96. The van der Waals surface area contributed by atoms with Crippen LogP contribution < -0.4 is 0 Å². The van der Waals surface area contributed by atoms with Crippen LogP contribution in [0.3, 0.4) is 0 Å². The van der Waals surface area contributed by atoms with Crippen molar-refractivity contribution in [2.45, 2.75) is 0 Å². The molecule has 76 valence electrons. The van der Waals surface area contributed by atoms with E-state index < -0.39 is 0 Å². The second-order valence-electron chi connectivity index (χ2n) is 2.64. The first-order valence-electron chi connectivity index (χ1n) is 4.15. The first kappa shape index (κ1) is 11.6. The molecule has 0 aliphatic carbocycles. The minimum atomic E-state index is -0.258. The number of hydrogen-bond donors (Lipinski definition) is 0. The number of thioether (sulfide) groups is 1. The molecule has 0 unspecified atom stereocenters. The molecule has 1 aromatic rings. The Bertz CT molecular complexity index is 297. The van der Waals surface area contributed by atoms with Gasteiger partial charge in [-0.05, 0) is 30.5 Å². The number of benzene rings is 1. The SMILES string of the molecule is CSCCOC(=O)c1ccc(Br)cc1. The third-order valence-corrected chi connectivity index (χ3v) is 2.70. The van der Waals surface area contributed by atoms with Crippen molar-refractivity contribution < 1.29 is 9.53 Å². The summed E-state index contributed by atoms with van der Waals surface area (Å²) in [5.74, 6) is 0.578. The summed E-state index contributed by atoms with van der Waals surface area (Å²) < 4.78 is 5.99. The van der Waals surface area contributed by atoms with Crippen LogP contribution in [-0.4, -0.2) is 24.6 Å². The van der Waals surface area contributed by atoms with Gasteiger partial charge in [0, 0.05) is 10.2 Å². The van der Waals surface area contributed by atoms with Crippen LogP contribution in [-0.2, 0) is 4.74 Å². The normalized spacial score (nSPS) is 9.86. The summed E-state index contributed by atoms with van der Waals surface area (Å²) in [6.07, 6.45) is 1.98. The maximum Gasteiger partial charge on any atom is 0.338 e. The first-order valence-corrected chi connectivity index (χ1v) is 6.34. The van der Waals surface area contributed by atoms with Crippen LogP contribution in [0.25, 0.3) is 0 Å². The molecule has 14 heavy (non-hydrogen) atoms. The van der Waals surface area contributed by atoms with Gasteiger partial charge < -0.3 is 4.74 Å². The van der Waals surface area contributed by atoms with Gasteiger partial charge >= 0.3 is 5.97 Å². The van der Waals surface area contributed by atoms with Crippen molar-refractivity contribution in [3.63, 3.8) is 0 Å². The fourth-order valence-electron chi connectivity index (χ4n) is 0.887. The number of rotatable bonds is 4. The molecule has 4 heteroatoms. The number of carbonyl (C=O) groups excluding carboxylic acids is 1. The summed E-state index contributed by atoms with van der Waals surface area (Å²) in [5, 5.41) is 0. The van der Waals surface area contributed by atoms with Gasteiger partial charge in [0.2, 0.25) is 0 Å². The van der Waals surface area contributed by atoms with Crippen molar-refractivity contribution >= 4 is 33.7 Å². The molecule has 1 aromatic carbocycles. The zero-order chi connectivity index (χ0) is 10.4. The highest BCUT2D eigenvalue weighted by atomic mass is 79.9. The van der Waals surface area contributed by atoms with E-state index in [1.54, 1.807) is 23.9 Å². The Balaban J connectivity index is 2.48. The van der Waals surface area contributed by atoms with Crippen molar-refractivity contribution in [1.82, 2.24) is 0 Å². The van der Waals surface area contributed by atoms with Crippen LogP contribution in [0, 0.1) is 0 Å². The molecule has 0 saturated carbocycles. The fourth-order valence-corrected chi connectivity index (χ4v) is 1.40. The van der Waals surface area contributed by atoms with E-state index in [-0.39, 0.29) is 5.97 Å². The predicted molar refractivity (Wildman–Crippen MR) is 62.8 cm³/mol. The topological polar surface area (TPSA) is 26.3 Å². The lowest BCUT2D eigenvalue weighted by atomic mass is 10.2. The van der Waals surface area contributed by atoms with E-state index in [1.807, 2.05) is 18.4 Å². The van der Waals surface area contributed by atoms with Crippen LogP contribution in [0.4, 0.5) is 0 Å². The standard InChI is InChI=1S/C10H11BrO2S/c1-14-7-6-13-10(12)8-2-4-9(11)5-3-8/h2-5H,6-7H2,1H3. The minimum absolute atomic E-state index is 0.258. The summed E-state index contributed by atoms with van der Waals surface area (Å²) in [6, 6.07) is 7.13. The molecule has 0 heterocycles. The second-order valence-corrected chi connectivity index (χ2v) is 4.54. The van der Waals surface area contributed by atoms with Crippen molar-refractivity contribution in [3.8, 4) is 0 Å². The predicted octanol–water partition coefficient (Wildman–Crippen LogP) is 2.97. The zero-order valence-corrected chi connectivity index (χ0v) is 10.2. The van der Waals surface area contributed by atoms with Gasteiger partial charge in [0.05, 0.1) is 5.56 Å². The van der Waals surface area contributed by atoms with E-state index in [0.29, 0.717) is 12.2 Å². The summed E-state index contributed by atoms with van der Waals surface area (Å²) in [6.45, 7) is 0.468. The maximum atomic E-state index is 11.4. The number of esters is 1. The first-order chi connectivity index (χ1) is 6.74. The van der Waals surface area contributed by atoms with Crippen LogP contribution >= 0.6 is 27.7 Å². The van der Waals surface area contributed by atoms with Gasteiger partial charge in [0.15, 0.2) is 0 Å². The molecule has 0 aliphatic rings. The summed E-state index contributed by atoms with van der Waals surface area (Å²) in [4.78, 5) is 11.4. The van der Waals surface area contributed by atoms with Gasteiger partial charge in [-0.3, -0.25) is 0 Å². The van der Waals surface area contributed by atoms with Crippen molar-refractivity contribution in [3.05, 3.63) is 34.3 Å². The van der Waals surface area contributed by atoms with Gasteiger partial charge in [0.25, 0.3) is 0 Å². The van der Waals surface area contributed by atoms with Crippen molar-refractivity contribution in [2.24, 2.45) is 0 Å². The number of carbonyl (C=O) groups is 1. The van der Waals surface area contributed by atoms with Crippen LogP contribution in [0.5, 0.6) is 0 Å². The average Bonchev–Trinajstić information content (AvgIpc) is 2.19. The van der Waals surface area contributed by atoms with E-state index in [4.69, 9.17) is 4.74 Å². The van der Waals surface area contributed by atoms with Crippen LogP contribution in [0.2, 0.25) is 0 Å². The van der Waals surface area contributed by atoms with Crippen LogP contribution in [0.1, 0.15) is 10.4 Å². The number of hydrogen-bond acceptors (Lipinski definition) is 3. The Morgan fingerprint density at radius 1 is 1.43 bits per heavy atom. The Morgan fingerprint density at radius 3 is 2.64 bits per heavy atom. The fraction of sp³-hybridized carbons (Fsp3) is 0.300. The molecule has 0 aliphatic heterocycles. The highest BCUT2D eigenvalue weighted by Crippen LogP contribution is 2.11. The molecule has 0 amide bonds. The molecule has 0 bridgehead atoms. The molecule has 0 radical (unpaired) electrons. The van der Waals surface area contributed by atoms with Gasteiger partial charge in [-0.15, -0.1) is 0 Å². The third kappa shape index (κ3) is 3.72. The van der Waals surface area contributed by atoms with E-state index in [2.05, 4.69) is 15.9 Å². The molecule has 2 nitrogen and oxygen atoms in total. The Hall–Kier alpha value is -0.480. The van der Waals surface area contributed by atoms with E-state index >= 15 is 0 Å². The molecular weight excluding hydrogens is 264 g/mol. The van der Waals surface area contributed by atoms with E-state index in [9.17, 15) is 4.79 Å². The average molecular weight is 275 g/mol. The molecule has 1 rings (SSSR count). The summed E-state index contributed by atoms with van der Waals surface area (Å²) in [7, 11) is 0. The lowest BCUT2D eigenvalue weighted by Crippen LogP contribution is -2.07. The molecule has 0 saturated heterocycles. The molecular formula is C10H11BrO2S. The number of ether oxygens (including phenoxy) is 1. The molecule has 0 atom stereocenters. The van der Waals surface area contributed by atoms with Gasteiger partial charge in [0.1, 0.15) is 6.61 Å². The largest absolute Gasteiger partial charge is 0.461 e. The zero-order valence-electron chi connectivity index (χ0n) is 7.83. The highest BCUT2D eigenvalue weighted by Gasteiger charge is 2.05. The van der Waals surface area contributed by atoms with Gasteiger partial charge in [-0.1, -0.05) is 15.9 Å². The summed E-state index contributed by atoms with van der Waals surface area (Å²) in [5.41, 5.74) is 0.592. The Kier molecular flexibility index (Phi) is 5.04. The molecule has 0 N–H and O–H groups in total. The monoisotopic (exact) mass is 274 g/mol. The molecule has 0 aromatic heterocycles. The maximum absolute atomic E-state index is 11.4. The smallest absolute Gasteiger partial charge is 0.338 e. The van der Waals surface area contributed by atoms with Gasteiger partial charge in [-0.25, -0.2) is 4.79 Å². The minimum Gasteiger partial charge on any atom is -0.461 e. The number of halogens is 1. The molecule has 0 fully saturated rings. The lowest BCUT2D eigenvalue weighted by molar-refractivity contribution is 0.0530. The Labute approximate surface area is 96.2 Å². The van der Waals surface area contributed by atoms with Crippen molar-refractivity contribution in [1.29, 1.82) is 0 Å². The van der Waals surface area contributed by atoms with E-state index in [1.165, 1.54) is 0 Å². The molecule has 0 spiro atoms. The van der Waals surface area contributed by atoms with E-state index in [0.717, 1.165) is 10.2 Å². The van der Waals surface area contributed by atoms with Crippen molar-refractivity contribution in [2.75, 3.05) is 18.6 Å². The lowest BCUT2D eigenvalue weighted by Gasteiger charge is -2.03. The Morgan fingerprint density at radius 2 is 2.07 bits per heavy atom. The second kappa shape index (κ2) is 6.09. The van der Waals surface area contributed by atoms with Crippen LogP contribution in [0.15, 0.2) is 28.7 Å². The van der Waals surface area contributed by atoms with Gasteiger partial charge in [-0.2, -0.15) is 11.8 Å². The quantitative estimate of drug-likeness (QED) is 0.624. The third-order valence-electron chi connectivity index (χ3n) is 1.60. The highest BCUT2D eigenvalue weighted by molar-refractivity contribution is 9.10.